The van der Waals surface area contributed by atoms with Gasteiger partial charge in [-0.05, 0) is 31.6 Å². The maximum absolute atomic E-state index is 5.40. The molecule has 0 saturated carbocycles. The van der Waals surface area contributed by atoms with Gasteiger partial charge in [-0.15, -0.1) is 0 Å². The van der Waals surface area contributed by atoms with E-state index in [-0.39, 0.29) is 0 Å². The quantitative estimate of drug-likeness (QED) is 0.744. The third-order valence-corrected chi connectivity index (χ3v) is 4.18. The summed E-state index contributed by atoms with van der Waals surface area (Å²) in [7, 11) is 0. The van der Waals surface area contributed by atoms with E-state index in [2.05, 4.69) is 32.0 Å². The van der Waals surface area contributed by atoms with Gasteiger partial charge in [-0.3, -0.25) is 0 Å². The number of ether oxygens (including phenoxy) is 3. The van der Waals surface area contributed by atoms with Crippen molar-refractivity contribution in [1.29, 1.82) is 0 Å². The van der Waals surface area contributed by atoms with Gasteiger partial charge in [0.05, 0.1) is 19.3 Å². The second-order valence-corrected chi connectivity index (χ2v) is 5.76. The maximum atomic E-state index is 5.40. The third kappa shape index (κ3) is 4.45. The Hall–Kier alpha value is -1.06. The SMILES string of the molecule is CCCCCC1COCOC1C.CCOc1cc2ccc1=2. The molecule has 3 rings (SSSR count). The number of rotatable bonds is 6. The molecule has 0 N–H and O–H groups in total. The zero-order chi connectivity index (χ0) is 15.1. The summed E-state index contributed by atoms with van der Waals surface area (Å²) in [4.78, 5) is 0. The van der Waals surface area contributed by atoms with Gasteiger partial charge in [0, 0.05) is 11.1 Å². The van der Waals surface area contributed by atoms with Gasteiger partial charge >= 0.3 is 0 Å². The summed E-state index contributed by atoms with van der Waals surface area (Å²) in [6.07, 6.45) is 5.61. The fourth-order valence-corrected chi connectivity index (χ4v) is 2.63. The van der Waals surface area contributed by atoms with Crippen LogP contribution in [-0.2, 0) is 9.47 Å². The molecule has 2 unspecified atom stereocenters. The van der Waals surface area contributed by atoms with E-state index in [1.807, 2.05) is 6.92 Å². The molecule has 0 aromatic rings. The first-order valence-electron chi connectivity index (χ1n) is 8.22. The van der Waals surface area contributed by atoms with E-state index in [4.69, 9.17) is 14.2 Å². The molecule has 2 aliphatic carbocycles. The van der Waals surface area contributed by atoms with Gasteiger partial charge in [0.15, 0.2) is 0 Å². The summed E-state index contributed by atoms with van der Waals surface area (Å²) in [6, 6.07) is 6.25. The van der Waals surface area contributed by atoms with E-state index < -0.39 is 0 Å². The van der Waals surface area contributed by atoms with Gasteiger partial charge < -0.3 is 14.2 Å². The van der Waals surface area contributed by atoms with Crippen molar-refractivity contribution in [1.82, 2.24) is 0 Å². The van der Waals surface area contributed by atoms with E-state index in [1.165, 1.54) is 36.1 Å². The molecule has 0 aromatic heterocycles. The predicted molar refractivity (Wildman–Crippen MR) is 84.3 cm³/mol. The summed E-state index contributed by atoms with van der Waals surface area (Å²) in [6.45, 7) is 8.55. The molecule has 0 aromatic carbocycles. The lowest BCUT2D eigenvalue weighted by atomic mass is 9.97. The standard InChI is InChI=1S/C10H20O2.C8H8O/c1-3-4-5-6-10-7-11-8-12-9(10)2;1-2-9-8-5-6-3-4-7(6)8/h9-10H,3-8H2,1-2H3;3-5H,2H2,1H3. The van der Waals surface area contributed by atoms with Crippen LogP contribution in [0.5, 0.6) is 5.75 Å². The fraction of sp³-hybridized carbons (Fsp3) is 0.667. The lowest BCUT2D eigenvalue weighted by Gasteiger charge is -2.28. The Kier molecular flexibility index (Phi) is 6.52. The highest BCUT2D eigenvalue weighted by molar-refractivity contribution is 5.38. The van der Waals surface area contributed by atoms with E-state index in [9.17, 15) is 0 Å². The van der Waals surface area contributed by atoms with Crippen molar-refractivity contribution in [3.05, 3.63) is 28.6 Å². The average molecular weight is 292 g/mol. The van der Waals surface area contributed by atoms with Crippen molar-refractivity contribution in [2.24, 2.45) is 5.92 Å². The Labute approximate surface area is 127 Å². The minimum atomic E-state index is 0.399. The number of benzene rings is 1. The molecule has 2 atom stereocenters. The molecule has 0 radical (unpaired) electrons. The Morgan fingerprint density at radius 2 is 2.10 bits per heavy atom. The highest BCUT2D eigenvalue weighted by Crippen LogP contribution is 2.23. The van der Waals surface area contributed by atoms with Crippen molar-refractivity contribution in [3.8, 4) is 5.75 Å². The first kappa shape index (κ1) is 16.3. The van der Waals surface area contributed by atoms with E-state index in [1.54, 1.807) is 0 Å². The molecule has 1 heterocycles. The van der Waals surface area contributed by atoms with E-state index in [0.29, 0.717) is 18.8 Å². The topological polar surface area (TPSA) is 27.7 Å². The molecule has 3 aliphatic rings. The van der Waals surface area contributed by atoms with Crippen LogP contribution in [0.25, 0.3) is 0 Å². The van der Waals surface area contributed by atoms with Crippen molar-refractivity contribution in [2.45, 2.75) is 52.6 Å². The van der Waals surface area contributed by atoms with Crippen LogP contribution >= 0.6 is 0 Å². The van der Waals surface area contributed by atoms with Crippen molar-refractivity contribution in [2.75, 3.05) is 20.0 Å². The Morgan fingerprint density at radius 1 is 1.24 bits per heavy atom. The van der Waals surface area contributed by atoms with E-state index in [0.717, 1.165) is 19.0 Å². The van der Waals surface area contributed by atoms with Crippen LogP contribution in [0.15, 0.2) is 18.2 Å². The maximum Gasteiger partial charge on any atom is 0.147 e. The molecule has 21 heavy (non-hydrogen) atoms. The average Bonchev–Trinajstić information content (AvgIpc) is 2.47. The van der Waals surface area contributed by atoms with Crippen LogP contribution in [0.1, 0.15) is 46.5 Å². The Balaban J connectivity index is 0.000000159. The van der Waals surface area contributed by atoms with Crippen LogP contribution in [0, 0.1) is 16.4 Å². The Bertz CT molecular complexity index is 512. The summed E-state index contributed by atoms with van der Waals surface area (Å²) >= 11 is 0. The van der Waals surface area contributed by atoms with Gasteiger partial charge in [0.25, 0.3) is 0 Å². The van der Waals surface area contributed by atoms with E-state index >= 15 is 0 Å². The lowest BCUT2D eigenvalue weighted by molar-refractivity contribution is -0.165. The first-order valence-corrected chi connectivity index (χ1v) is 8.22. The minimum absolute atomic E-state index is 0.399. The molecule has 1 saturated heterocycles. The van der Waals surface area contributed by atoms with Crippen molar-refractivity contribution in [3.63, 3.8) is 0 Å². The number of hydrogen-bond acceptors (Lipinski definition) is 3. The highest BCUT2D eigenvalue weighted by Gasteiger charge is 2.21. The summed E-state index contributed by atoms with van der Waals surface area (Å²) in [5.74, 6) is 1.69. The summed E-state index contributed by atoms with van der Waals surface area (Å²) < 4.78 is 15.9. The van der Waals surface area contributed by atoms with Crippen LogP contribution < -0.4 is 4.74 Å². The summed E-state index contributed by atoms with van der Waals surface area (Å²) in [5, 5.41) is 2.65. The second kappa shape index (κ2) is 8.40. The molecule has 3 heteroatoms. The van der Waals surface area contributed by atoms with Gasteiger partial charge in [-0.25, -0.2) is 0 Å². The lowest BCUT2D eigenvalue weighted by Crippen LogP contribution is -2.31. The molecule has 0 amide bonds. The van der Waals surface area contributed by atoms with Gasteiger partial charge in [-0.1, -0.05) is 38.3 Å². The minimum Gasteiger partial charge on any atom is -0.493 e. The smallest absolute Gasteiger partial charge is 0.147 e. The fourth-order valence-electron chi connectivity index (χ4n) is 2.63. The van der Waals surface area contributed by atoms with Gasteiger partial charge in [0.1, 0.15) is 12.5 Å². The number of unbranched alkanes of at least 4 members (excludes halogenated alkanes) is 2. The van der Waals surface area contributed by atoms with Crippen molar-refractivity contribution < 1.29 is 14.2 Å². The summed E-state index contributed by atoms with van der Waals surface area (Å²) in [5.41, 5.74) is 0. The molecule has 1 aliphatic heterocycles. The predicted octanol–water partition coefficient (Wildman–Crippen LogP) is 4.26. The molecule has 1 fully saturated rings. The molecule has 118 valence electrons. The molecular weight excluding hydrogens is 264 g/mol. The van der Waals surface area contributed by atoms with Crippen molar-refractivity contribution >= 4 is 0 Å². The number of hydrogen-bond donors (Lipinski definition) is 0. The zero-order valence-electron chi connectivity index (χ0n) is 13.6. The molecule has 3 nitrogen and oxygen atoms in total. The van der Waals surface area contributed by atoms with Gasteiger partial charge in [0.2, 0.25) is 0 Å². The molecular formula is C18H28O3. The van der Waals surface area contributed by atoms with Crippen LogP contribution in [-0.4, -0.2) is 26.1 Å². The zero-order valence-corrected chi connectivity index (χ0v) is 13.6. The third-order valence-electron chi connectivity index (χ3n) is 4.18. The molecule has 0 bridgehead atoms. The van der Waals surface area contributed by atoms with Crippen LogP contribution in [0.2, 0.25) is 0 Å². The normalized spacial score (nSPS) is 22.2. The monoisotopic (exact) mass is 292 g/mol. The molecule has 0 spiro atoms. The van der Waals surface area contributed by atoms with Gasteiger partial charge in [-0.2, -0.15) is 0 Å². The van der Waals surface area contributed by atoms with Crippen LogP contribution in [0.3, 0.4) is 0 Å². The first-order chi connectivity index (χ1) is 10.3. The highest BCUT2D eigenvalue weighted by atomic mass is 16.7. The Morgan fingerprint density at radius 3 is 2.62 bits per heavy atom. The largest absolute Gasteiger partial charge is 0.493 e. The second-order valence-electron chi connectivity index (χ2n) is 5.76. The van der Waals surface area contributed by atoms with Crippen LogP contribution in [0.4, 0.5) is 0 Å².